The number of carboxylic acids is 1. The lowest BCUT2D eigenvalue weighted by Gasteiger charge is -2.11. The topological polar surface area (TPSA) is 82.1 Å². The molecule has 0 unspecified atom stereocenters. The SMILES string of the molecule is CO/C=C(/Oc1ccc(Cl)c(Cl)c1C(=O)O)C(=O)OC. The van der Waals surface area contributed by atoms with Crippen LogP contribution in [-0.4, -0.2) is 31.3 Å². The summed E-state index contributed by atoms with van der Waals surface area (Å²) in [7, 11) is 2.43. The van der Waals surface area contributed by atoms with Gasteiger partial charge in [-0.2, -0.15) is 0 Å². The highest BCUT2D eigenvalue weighted by Gasteiger charge is 2.22. The number of carbonyl (C=O) groups excluding carboxylic acids is 1. The summed E-state index contributed by atoms with van der Waals surface area (Å²) in [5.41, 5.74) is -0.370. The molecular weight excluding hydrogens is 311 g/mol. The molecule has 1 aromatic carbocycles. The molecule has 1 N–H and O–H groups in total. The van der Waals surface area contributed by atoms with Crippen LogP contribution in [0.1, 0.15) is 10.4 Å². The van der Waals surface area contributed by atoms with Crippen molar-refractivity contribution in [1.82, 2.24) is 0 Å². The van der Waals surface area contributed by atoms with Crippen LogP contribution < -0.4 is 4.74 Å². The maximum Gasteiger partial charge on any atom is 0.377 e. The van der Waals surface area contributed by atoms with E-state index < -0.39 is 11.9 Å². The third-order valence-electron chi connectivity index (χ3n) is 2.10. The molecule has 8 heteroatoms. The number of ether oxygens (including phenoxy) is 3. The van der Waals surface area contributed by atoms with Crippen molar-refractivity contribution in [3.63, 3.8) is 0 Å². The van der Waals surface area contributed by atoms with Gasteiger partial charge in [0.05, 0.1) is 24.3 Å². The van der Waals surface area contributed by atoms with Gasteiger partial charge in [0.25, 0.3) is 0 Å². The largest absolute Gasteiger partial charge is 0.500 e. The van der Waals surface area contributed by atoms with Crippen molar-refractivity contribution in [3.8, 4) is 5.75 Å². The Morgan fingerprint density at radius 3 is 2.40 bits per heavy atom. The van der Waals surface area contributed by atoms with Crippen LogP contribution in [0.15, 0.2) is 24.2 Å². The van der Waals surface area contributed by atoms with Crippen molar-refractivity contribution >= 4 is 35.1 Å². The molecule has 108 valence electrons. The van der Waals surface area contributed by atoms with Gasteiger partial charge in [0, 0.05) is 0 Å². The van der Waals surface area contributed by atoms with Gasteiger partial charge in [-0.1, -0.05) is 23.2 Å². The minimum Gasteiger partial charge on any atom is -0.500 e. The zero-order valence-electron chi connectivity index (χ0n) is 10.5. The van der Waals surface area contributed by atoms with Crippen LogP contribution in [0.25, 0.3) is 0 Å². The molecule has 0 radical (unpaired) electrons. The first-order valence-corrected chi connectivity index (χ1v) is 5.88. The van der Waals surface area contributed by atoms with Gasteiger partial charge in [0.15, 0.2) is 0 Å². The highest BCUT2D eigenvalue weighted by atomic mass is 35.5. The highest BCUT2D eigenvalue weighted by molar-refractivity contribution is 6.44. The normalized spacial score (nSPS) is 10.9. The lowest BCUT2D eigenvalue weighted by atomic mass is 10.2. The molecule has 0 saturated carbocycles. The van der Waals surface area contributed by atoms with Crippen LogP contribution in [0.4, 0.5) is 0 Å². The number of benzene rings is 1. The Hall–Kier alpha value is -1.92. The van der Waals surface area contributed by atoms with E-state index >= 15 is 0 Å². The van der Waals surface area contributed by atoms with Gasteiger partial charge in [-0.3, -0.25) is 0 Å². The van der Waals surface area contributed by atoms with Gasteiger partial charge in [-0.25, -0.2) is 9.59 Å². The Labute approximate surface area is 124 Å². The second-order valence-corrected chi connectivity index (χ2v) is 4.14. The molecule has 0 bridgehead atoms. The van der Waals surface area contributed by atoms with Crippen molar-refractivity contribution < 1.29 is 28.9 Å². The monoisotopic (exact) mass is 320 g/mol. The van der Waals surface area contributed by atoms with E-state index in [1.807, 2.05) is 0 Å². The van der Waals surface area contributed by atoms with Gasteiger partial charge >= 0.3 is 11.9 Å². The van der Waals surface area contributed by atoms with Crippen LogP contribution >= 0.6 is 23.2 Å². The molecule has 0 aromatic heterocycles. The summed E-state index contributed by atoms with van der Waals surface area (Å²) in [6.07, 6.45) is 0.972. The van der Waals surface area contributed by atoms with Crippen molar-refractivity contribution in [2.45, 2.75) is 0 Å². The molecule has 0 fully saturated rings. The fourth-order valence-electron chi connectivity index (χ4n) is 1.26. The lowest BCUT2D eigenvalue weighted by molar-refractivity contribution is -0.138. The van der Waals surface area contributed by atoms with Crippen molar-refractivity contribution in [2.24, 2.45) is 0 Å². The first-order valence-electron chi connectivity index (χ1n) is 5.12. The second kappa shape index (κ2) is 7.02. The van der Waals surface area contributed by atoms with Crippen LogP contribution in [0, 0.1) is 0 Å². The molecule has 0 saturated heterocycles. The minimum absolute atomic E-state index is 0.0479. The van der Waals surface area contributed by atoms with Crippen LogP contribution in [0.3, 0.4) is 0 Å². The first-order chi connectivity index (χ1) is 9.42. The fraction of sp³-hybridized carbons (Fsp3) is 0.167. The lowest BCUT2D eigenvalue weighted by Crippen LogP contribution is -2.13. The molecule has 0 heterocycles. The van der Waals surface area contributed by atoms with E-state index in [1.165, 1.54) is 19.2 Å². The molecular formula is C12H10Cl2O6. The molecule has 1 rings (SSSR count). The van der Waals surface area contributed by atoms with Crippen molar-refractivity contribution in [1.29, 1.82) is 0 Å². The zero-order chi connectivity index (χ0) is 15.3. The summed E-state index contributed by atoms with van der Waals surface area (Å²) in [6.45, 7) is 0. The predicted octanol–water partition coefficient (Wildman–Crippen LogP) is 2.73. The molecule has 0 atom stereocenters. The summed E-state index contributed by atoms with van der Waals surface area (Å²) >= 11 is 11.5. The van der Waals surface area contributed by atoms with Gasteiger partial charge in [-0.15, -0.1) is 0 Å². The van der Waals surface area contributed by atoms with E-state index in [-0.39, 0.29) is 27.1 Å². The summed E-state index contributed by atoms with van der Waals surface area (Å²) in [6, 6.07) is 2.61. The molecule has 0 aliphatic heterocycles. The average molecular weight is 321 g/mol. The maximum absolute atomic E-state index is 11.4. The summed E-state index contributed by atoms with van der Waals surface area (Å²) in [5, 5.41) is 8.97. The Kier molecular flexibility index (Phi) is 5.66. The number of carbonyl (C=O) groups is 2. The average Bonchev–Trinajstić information content (AvgIpc) is 2.41. The highest BCUT2D eigenvalue weighted by Crippen LogP contribution is 2.34. The van der Waals surface area contributed by atoms with Crippen LogP contribution in [0.5, 0.6) is 5.75 Å². The van der Waals surface area contributed by atoms with E-state index in [1.54, 1.807) is 0 Å². The van der Waals surface area contributed by atoms with Crippen molar-refractivity contribution in [3.05, 3.63) is 39.8 Å². The summed E-state index contributed by atoms with van der Waals surface area (Å²) in [5.74, 6) is -2.69. The Bertz CT molecular complexity index is 567. The van der Waals surface area contributed by atoms with E-state index in [0.29, 0.717) is 0 Å². The predicted molar refractivity (Wildman–Crippen MR) is 71.2 cm³/mol. The van der Waals surface area contributed by atoms with E-state index in [9.17, 15) is 9.59 Å². The molecule has 1 aromatic rings. The van der Waals surface area contributed by atoms with E-state index in [2.05, 4.69) is 9.47 Å². The molecule has 0 spiro atoms. The van der Waals surface area contributed by atoms with Crippen molar-refractivity contribution in [2.75, 3.05) is 14.2 Å². The molecule has 20 heavy (non-hydrogen) atoms. The molecule has 0 amide bonds. The number of methoxy groups -OCH3 is 2. The van der Waals surface area contributed by atoms with E-state index in [0.717, 1.165) is 13.4 Å². The number of esters is 1. The van der Waals surface area contributed by atoms with Gasteiger partial charge in [0.2, 0.25) is 5.76 Å². The second-order valence-electron chi connectivity index (χ2n) is 3.35. The Morgan fingerprint density at radius 1 is 1.25 bits per heavy atom. The van der Waals surface area contributed by atoms with Gasteiger partial charge < -0.3 is 19.3 Å². The quantitative estimate of drug-likeness (QED) is 0.510. The van der Waals surface area contributed by atoms with Crippen LogP contribution in [-0.2, 0) is 14.3 Å². The zero-order valence-corrected chi connectivity index (χ0v) is 12.0. The first kappa shape index (κ1) is 16.1. The number of rotatable bonds is 5. The molecule has 0 aliphatic carbocycles. The third-order valence-corrected chi connectivity index (χ3v) is 2.91. The third kappa shape index (κ3) is 3.55. The maximum atomic E-state index is 11.4. The Morgan fingerprint density at radius 2 is 1.90 bits per heavy atom. The molecule has 6 nitrogen and oxygen atoms in total. The summed E-state index contributed by atoms with van der Waals surface area (Å²) in [4.78, 5) is 22.6. The molecule has 0 aliphatic rings. The number of hydrogen-bond acceptors (Lipinski definition) is 5. The number of carboxylic acid groups (broad SMARTS) is 1. The number of hydrogen-bond donors (Lipinski definition) is 1. The smallest absolute Gasteiger partial charge is 0.377 e. The minimum atomic E-state index is -1.35. The number of aromatic carboxylic acids is 1. The summed E-state index contributed by atoms with van der Waals surface area (Å²) < 4.78 is 14.3. The standard InChI is InChI=1S/C12H10Cl2O6/c1-18-5-8(12(17)19-2)20-7-4-3-6(13)10(14)9(7)11(15)16/h3-5H,1-2H3,(H,15,16)/b8-5+. The fourth-order valence-corrected chi connectivity index (χ4v) is 1.65. The van der Waals surface area contributed by atoms with E-state index in [4.69, 9.17) is 33.0 Å². The van der Waals surface area contributed by atoms with Gasteiger partial charge in [0.1, 0.15) is 17.6 Å². The Balaban J connectivity index is 3.27. The van der Waals surface area contributed by atoms with Crippen LogP contribution in [0.2, 0.25) is 10.0 Å². The van der Waals surface area contributed by atoms with Gasteiger partial charge in [-0.05, 0) is 12.1 Å². The number of halogens is 2.